The molecule has 4 radical (unpaired) electrons. The fourth-order valence-corrected chi connectivity index (χ4v) is 8.57. The van der Waals surface area contributed by atoms with E-state index in [0.717, 1.165) is 60.3 Å². The van der Waals surface area contributed by atoms with Gasteiger partial charge in [0.1, 0.15) is 21.4 Å². The standard InChI is InChI=1S/C46H27B2N3OS/c47-46(48)38-20-6-4-16-36(38)41-33(17-10-21-39(41)52-46)31-13-8-14-32(27-31)44-49-43(30-25-23-29(24-26-30)28-11-2-1-3-12-28)50-45(51-44)37-19-9-18-35-34-15-5-7-22-40(34)53-42(35)37/h1-27H. The fraction of sp³-hybridized carbons (Fsp3) is 0.0217. The Kier molecular flexibility index (Phi) is 7.37. The SMILES string of the molecule is [B]C1([B])Oc2cccc(-c3cccc(-c4nc(-c5ccc(-c6ccccc6)cc5)nc(-c5cccc6c5sc5ccccc56)n4)c3)c2-c2ccccc21. The molecule has 0 aliphatic carbocycles. The maximum absolute atomic E-state index is 6.45. The van der Waals surface area contributed by atoms with E-state index in [0.29, 0.717) is 23.2 Å². The molecule has 0 fully saturated rings. The summed E-state index contributed by atoms with van der Waals surface area (Å²) in [7, 11) is 12.9. The van der Waals surface area contributed by atoms with Gasteiger partial charge < -0.3 is 4.74 Å². The monoisotopic (exact) mass is 691 g/mol. The van der Waals surface area contributed by atoms with Crippen LogP contribution in [0.25, 0.3) is 87.7 Å². The van der Waals surface area contributed by atoms with Crippen molar-refractivity contribution in [3.05, 3.63) is 169 Å². The molecule has 0 unspecified atom stereocenters. The van der Waals surface area contributed by atoms with E-state index in [1.165, 1.54) is 15.5 Å². The topological polar surface area (TPSA) is 47.9 Å². The number of benzene rings is 7. The molecule has 10 rings (SSSR count). The molecule has 1 aliphatic rings. The van der Waals surface area contributed by atoms with Gasteiger partial charge in [0, 0.05) is 42.4 Å². The number of fused-ring (bicyclic) bond motifs is 6. The lowest BCUT2D eigenvalue weighted by atomic mass is 9.58. The van der Waals surface area contributed by atoms with Gasteiger partial charge in [-0.15, -0.1) is 11.3 Å². The van der Waals surface area contributed by atoms with E-state index in [9.17, 15) is 0 Å². The van der Waals surface area contributed by atoms with E-state index < -0.39 is 5.40 Å². The van der Waals surface area contributed by atoms with Crippen molar-refractivity contribution in [1.29, 1.82) is 0 Å². The molecule has 7 heteroatoms. The highest BCUT2D eigenvalue weighted by atomic mass is 32.1. The molecule has 1 aliphatic heterocycles. The number of nitrogens with zero attached hydrogens (tertiary/aromatic N) is 3. The lowest BCUT2D eigenvalue weighted by molar-refractivity contribution is 0.241. The average Bonchev–Trinajstić information content (AvgIpc) is 3.60. The summed E-state index contributed by atoms with van der Waals surface area (Å²) in [6.45, 7) is 0. The minimum Gasteiger partial charge on any atom is -0.502 e. The van der Waals surface area contributed by atoms with Gasteiger partial charge in [-0.25, -0.2) is 15.0 Å². The Labute approximate surface area is 313 Å². The van der Waals surface area contributed by atoms with Crippen LogP contribution in [-0.4, -0.2) is 30.6 Å². The molecule has 0 amide bonds. The molecule has 244 valence electrons. The highest BCUT2D eigenvalue weighted by Gasteiger charge is 2.32. The number of rotatable bonds is 5. The van der Waals surface area contributed by atoms with Crippen molar-refractivity contribution < 1.29 is 4.74 Å². The quantitative estimate of drug-likeness (QED) is 0.169. The molecule has 0 saturated carbocycles. The van der Waals surface area contributed by atoms with E-state index >= 15 is 0 Å². The predicted octanol–water partition coefficient (Wildman–Crippen LogP) is 11.1. The number of hydrogen-bond acceptors (Lipinski definition) is 5. The van der Waals surface area contributed by atoms with Gasteiger partial charge in [0.2, 0.25) is 0 Å². The van der Waals surface area contributed by atoms with Crippen LogP contribution in [0.3, 0.4) is 0 Å². The third-order valence-electron chi connectivity index (χ3n) is 9.89. The Balaban J connectivity index is 1.14. The zero-order valence-corrected chi connectivity index (χ0v) is 29.2. The van der Waals surface area contributed by atoms with Gasteiger partial charge in [0.25, 0.3) is 0 Å². The van der Waals surface area contributed by atoms with Gasteiger partial charge in [-0.05, 0) is 57.6 Å². The van der Waals surface area contributed by atoms with Crippen LogP contribution in [0.1, 0.15) is 5.56 Å². The summed E-state index contributed by atoms with van der Waals surface area (Å²) in [6.07, 6.45) is 0. The molecule has 4 nitrogen and oxygen atoms in total. The van der Waals surface area contributed by atoms with Crippen molar-refractivity contribution in [3.63, 3.8) is 0 Å². The highest BCUT2D eigenvalue weighted by Crippen LogP contribution is 2.48. The van der Waals surface area contributed by atoms with Gasteiger partial charge in [-0.3, -0.25) is 0 Å². The highest BCUT2D eigenvalue weighted by molar-refractivity contribution is 7.26. The van der Waals surface area contributed by atoms with Crippen LogP contribution in [0.4, 0.5) is 0 Å². The number of aromatic nitrogens is 3. The maximum atomic E-state index is 6.45. The van der Waals surface area contributed by atoms with Crippen molar-refractivity contribution >= 4 is 47.2 Å². The molecule has 0 spiro atoms. The number of hydrogen-bond donors (Lipinski definition) is 0. The summed E-state index contributed by atoms with van der Waals surface area (Å²) in [5, 5.41) is 0.987. The van der Waals surface area contributed by atoms with Crippen molar-refractivity contribution in [3.8, 4) is 73.3 Å². The van der Waals surface area contributed by atoms with Gasteiger partial charge in [-0.1, -0.05) is 140 Å². The Bertz CT molecular complexity index is 2850. The Hall–Kier alpha value is -6.30. The second kappa shape index (κ2) is 12.4. The Morgan fingerprint density at radius 3 is 1.91 bits per heavy atom. The third-order valence-corrected chi connectivity index (χ3v) is 11.1. The van der Waals surface area contributed by atoms with Crippen molar-refractivity contribution in [2.75, 3.05) is 0 Å². The number of ether oxygens (including phenoxy) is 1. The summed E-state index contributed by atoms with van der Waals surface area (Å²) >= 11 is 1.76. The van der Waals surface area contributed by atoms with Crippen molar-refractivity contribution in [2.24, 2.45) is 0 Å². The van der Waals surface area contributed by atoms with E-state index in [4.69, 9.17) is 35.4 Å². The lowest BCUT2D eigenvalue weighted by Crippen LogP contribution is -2.37. The van der Waals surface area contributed by atoms with E-state index in [1.54, 1.807) is 11.3 Å². The summed E-state index contributed by atoms with van der Waals surface area (Å²) in [5.74, 6) is 2.45. The first-order valence-electron chi connectivity index (χ1n) is 17.4. The zero-order chi connectivity index (χ0) is 35.5. The van der Waals surface area contributed by atoms with Crippen LogP contribution in [0.15, 0.2) is 164 Å². The lowest BCUT2D eigenvalue weighted by Gasteiger charge is -2.37. The predicted molar refractivity (Wildman–Crippen MR) is 219 cm³/mol. The summed E-state index contributed by atoms with van der Waals surface area (Å²) in [6, 6.07) is 55.8. The summed E-state index contributed by atoms with van der Waals surface area (Å²) in [5.41, 5.74) is 9.64. The molecule has 2 aromatic heterocycles. The van der Waals surface area contributed by atoms with Crippen molar-refractivity contribution in [1.82, 2.24) is 15.0 Å². The average molecular weight is 691 g/mol. The maximum Gasteiger partial charge on any atom is 0.165 e. The van der Waals surface area contributed by atoms with Crippen LogP contribution < -0.4 is 4.74 Å². The second-order valence-corrected chi connectivity index (χ2v) is 14.3. The van der Waals surface area contributed by atoms with Crippen molar-refractivity contribution in [2.45, 2.75) is 5.40 Å². The molecule has 7 aromatic carbocycles. The summed E-state index contributed by atoms with van der Waals surface area (Å²) < 4.78 is 8.55. The summed E-state index contributed by atoms with van der Waals surface area (Å²) in [4.78, 5) is 15.5. The molecule has 3 heterocycles. The second-order valence-electron chi connectivity index (χ2n) is 13.2. The number of thiophene rings is 1. The van der Waals surface area contributed by atoms with Crippen LogP contribution in [0.5, 0.6) is 5.75 Å². The first-order chi connectivity index (χ1) is 26.0. The molecule has 0 bridgehead atoms. The first kappa shape index (κ1) is 31.4. The Morgan fingerprint density at radius 1 is 0.453 bits per heavy atom. The molecule has 0 atom stereocenters. The zero-order valence-electron chi connectivity index (χ0n) is 28.4. The van der Waals surface area contributed by atoms with E-state index in [1.807, 2.05) is 48.5 Å². The first-order valence-corrected chi connectivity index (χ1v) is 18.2. The molecule has 9 aromatic rings. The molecular weight excluding hydrogens is 664 g/mol. The molecule has 0 N–H and O–H groups in total. The van der Waals surface area contributed by atoms with Gasteiger partial charge in [0.05, 0.1) is 5.40 Å². The Morgan fingerprint density at radius 2 is 1.04 bits per heavy atom. The van der Waals surface area contributed by atoms with E-state index in [-0.39, 0.29) is 0 Å². The van der Waals surface area contributed by atoms with Gasteiger partial charge in [-0.2, -0.15) is 0 Å². The molecule has 53 heavy (non-hydrogen) atoms. The minimum atomic E-state index is -1.43. The largest absolute Gasteiger partial charge is 0.502 e. The van der Waals surface area contributed by atoms with Crippen LogP contribution in [0, 0.1) is 0 Å². The molecular formula is C46H27B2N3OS. The van der Waals surface area contributed by atoms with Gasteiger partial charge >= 0.3 is 0 Å². The normalized spacial score (nSPS) is 13.0. The van der Waals surface area contributed by atoms with Gasteiger partial charge in [0.15, 0.2) is 17.5 Å². The molecule has 0 saturated heterocycles. The third kappa shape index (κ3) is 5.44. The van der Waals surface area contributed by atoms with E-state index in [2.05, 4.69) is 115 Å². The fourth-order valence-electron chi connectivity index (χ4n) is 7.36. The minimum absolute atomic E-state index is 0.585. The van der Waals surface area contributed by atoms with Crippen LogP contribution >= 0.6 is 11.3 Å². The van der Waals surface area contributed by atoms with Crippen LogP contribution in [-0.2, 0) is 5.40 Å². The smallest absolute Gasteiger partial charge is 0.165 e. The van der Waals surface area contributed by atoms with Crippen LogP contribution in [0.2, 0.25) is 0 Å².